The predicted molar refractivity (Wildman–Crippen MR) is 267 cm³/mol. The van der Waals surface area contributed by atoms with Gasteiger partial charge in [0.15, 0.2) is 10.7 Å². The maximum atomic E-state index is 14.1. The summed E-state index contributed by atoms with van der Waals surface area (Å²) in [6.45, 7) is 8.57. The molecule has 4 fully saturated rings. The van der Waals surface area contributed by atoms with Crippen molar-refractivity contribution in [2.24, 2.45) is 15.7 Å². The van der Waals surface area contributed by atoms with E-state index >= 15 is 0 Å². The highest BCUT2D eigenvalue weighted by Gasteiger charge is 2.50. The maximum Gasteiger partial charge on any atom is 0.300 e. The van der Waals surface area contributed by atoms with Crippen molar-refractivity contribution < 1.29 is 36.9 Å². The summed E-state index contributed by atoms with van der Waals surface area (Å²) in [7, 11) is -5.40. The van der Waals surface area contributed by atoms with E-state index in [0.29, 0.717) is 60.5 Å². The number of aromatic amines is 1. The molecule has 2 saturated heterocycles. The van der Waals surface area contributed by atoms with Gasteiger partial charge in [0.05, 0.1) is 40.1 Å². The molecule has 2 saturated carbocycles. The minimum atomic E-state index is -4.80. The van der Waals surface area contributed by atoms with Gasteiger partial charge < -0.3 is 29.8 Å². The number of anilines is 2. The number of hydrogen-bond acceptors (Lipinski definition) is 15. The number of sulfonamides is 1. The third-order valence-electron chi connectivity index (χ3n) is 15.7. The molecule has 1 unspecified atom stereocenters. The van der Waals surface area contributed by atoms with Crippen LogP contribution in [0, 0.1) is 21.4 Å². The third kappa shape index (κ3) is 9.42. The molecule has 5 aliphatic rings. The molecule has 372 valence electrons. The van der Waals surface area contributed by atoms with Gasteiger partial charge in [-0.2, -0.15) is 13.4 Å². The van der Waals surface area contributed by atoms with E-state index < -0.39 is 46.9 Å². The van der Waals surface area contributed by atoms with Crippen LogP contribution in [0.25, 0.3) is 11.0 Å². The molecule has 0 bridgehead atoms. The Labute approximate surface area is 408 Å². The molecule has 3 aromatic heterocycles. The Morgan fingerprint density at radius 2 is 1.83 bits per heavy atom. The number of aromatic nitrogens is 3. The Balaban J connectivity index is 0.861. The number of nitro groups is 1. The lowest BCUT2D eigenvalue weighted by atomic mass is 9.59. The van der Waals surface area contributed by atoms with Crippen LogP contribution in [0.1, 0.15) is 106 Å². The van der Waals surface area contributed by atoms with E-state index in [0.717, 1.165) is 62.5 Å². The number of aliphatic hydroxyl groups is 1. The smallest absolute Gasteiger partial charge is 0.300 e. The number of fused-ring (bicyclic) bond motifs is 2. The van der Waals surface area contributed by atoms with E-state index in [2.05, 4.69) is 77.3 Å². The van der Waals surface area contributed by atoms with Crippen molar-refractivity contribution >= 4 is 53.8 Å². The van der Waals surface area contributed by atoms with E-state index in [-0.39, 0.29) is 52.9 Å². The number of rotatable bonds is 11. The zero-order chi connectivity index (χ0) is 49.2. The summed E-state index contributed by atoms with van der Waals surface area (Å²) < 4.78 is 60.4. The van der Waals surface area contributed by atoms with Gasteiger partial charge in [0, 0.05) is 77.6 Å². The minimum absolute atomic E-state index is 0.0383. The average Bonchev–Trinajstić information content (AvgIpc) is 3.81. The molecule has 2 aromatic carbocycles. The number of benzene rings is 2. The van der Waals surface area contributed by atoms with Crippen molar-refractivity contribution in [2.75, 3.05) is 55.0 Å². The number of piperidine rings is 1. The van der Waals surface area contributed by atoms with Gasteiger partial charge in [0.1, 0.15) is 23.8 Å². The van der Waals surface area contributed by atoms with Crippen molar-refractivity contribution in [1.29, 1.82) is 0 Å². The number of pyridine rings is 2. The second-order valence-corrected chi connectivity index (χ2v) is 24.8. The zero-order valence-electron chi connectivity index (χ0n) is 39.9. The minimum Gasteiger partial charge on any atom is -0.474 e. The first-order valence-electron chi connectivity index (χ1n) is 24.2. The normalized spacial score (nSPS) is 25.9. The summed E-state index contributed by atoms with van der Waals surface area (Å²) in [5.41, 5.74) is 2.70. The Bertz CT molecular complexity index is 3070. The van der Waals surface area contributed by atoms with Crippen LogP contribution in [0.5, 0.6) is 17.4 Å². The van der Waals surface area contributed by atoms with E-state index in [4.69, 9.17) is 9.47 Å². The van der Waals surface area contributed by atoms with Gasteiger partial charge in [-0.05, 0) is 111 Å². The summed E-state index contributed by atoms with van der Waals surface area (Å²) in [5.74, 6) is 0.653. The zero-order valence-corrected chi connectivity index (χ0v) is 41.6. The molecule has 5 aromatic rings. The van der Waals surface area contributed by atoms with Gasteiger partial charge in [0.2, 0.25) is 5.88 Å². The fraction of sp³-hybridized carbons (Fsp3) is 0.500. The molecular weight excluding hydrogens is 935 g/mol. The Morgan fingerprint density at radius 1 is 1.07 bits per heavy atom. The molecule has 4 N–H and O–H groups in total. The van der Waals surface area contributed by atoms with Crippen molar-refractivity contribution in [3.05, 3.63) is 99.9 Å². The lowest BCUT2D eigenvalue weighted by Crippen LogP contribution is -2.58. The lowest BCUT2D eigenvalue weighted by molar-refractivity contribution is -0.384. The number of carbonyl (C=O) groups excluding carboxylic acids is 1. The molecular formula is C50H61N9O9S2. The first-order chi connectivity index (χ1) is 33.4. The van der Waals surface area contributed by atoms with Gasteiger partial charge in [-0.3, -0.25) is 19.8 Å². The number of amides is 1. The van der Waals surface area contributed by atoms with Gasteiger partial charge in [-0.15, -0.1) is 0 Å². The Morgan fingerprint density at radius 3 is 2.56 bits per heavy atom. The Kier molecular flexibility index (Phi) is 12.6. The van der Waals surface area contributed by atoms with E-state index in [1.54, 1.807) is 38.4 Å². The summed E-state index contributed by atoms with van der Waals surface area (Å²) >= 11 is 0. The van der Waals surface area contributed by atoms with Crippen LogP contribution in [0.15, 0.2) is 82.4 Å². The number of H-pyrrole nitrogens is 1. The number of carbonyl (C=O) groups is 1. The van der Waals surface area contributed by atoms with Crippen molar-refractivity contribution in [3.8, 4) is 17.4 Å². The predicted octanol–water partition coefficient (Wildman–Crippen LogP) is 7.92. The molecule has 3 aliphatic heterocycles. The third-order valence-corrected chi connectivity index (χ3v) is 19.2. The average molecular weight is 996 g/mol. The van der Waals surface area contributed by atoms with Crippen LogP contribution >= 0.6 is 0 Å². The first kappa shape index (κ1) is 47.8. The fourth-order valence-corrected chi connectivity index (χ4v) is 14.3. The van der Waals surface area contributed by atoms with Crippen molar-refractivity contribution in [1.82, 2.24) is 24.6 Å². The van der Waals surface area contributed by atoms with Crippen LogP contribution in [-0.2, 0) is 19.8 Å². The molecule has 18 nitrogen and oxygen atoms in total. The topological polar surface area (TPSA) is 235 Å². The van der Waals surface area contributed by atoms with Gasteiger partial charge in [-0.25, -0.2) is 18.3 Å². The monoisotopic (exact) mass is 995 g/mol. The van der Waals surface area contributed by atoms with E-state index in [9.17, 15) is 32.6 Å². The van der Waals surface area contributed by atoms with Gasteiger partial charge >= 0.3 is 5.69 Å². The van der Waals surface area contributed by atoms with Crippen molar-refractivity contribution in [2.45, 2.75) is 107 Å². The fourth-order valence-electron chi connectivity index (χ4n) is 11.5. The van der Waals surface area contributed by atoms with Crippen LogP contribution in [0.2, 0.25) is 0 Å². The second-order valence-electron chi connectivity index (χ2n) is 20.5. The molecule has 1 amide bonds. The summed E-state index contributed by atoms with van der Waals surface area (Å²) in [6.07, 6.45) is 9.81. The molecule has 1 spiro atoms. The molecule has 6 heterocycles. The number of nitrogens with zero attached hydrogens (tertiary/aromatic N) is 6. The number of nitrogens with one attached hydrogen (secondary N) is 3. The van der Waals surface area contributed by atoms with Gasteiger partial charge in [-0.1, -0.05) is 38.1 Å². The standard InChI is InChI=1S/C50H61N9O9S2/c1-31(2)37-7-5-6-8-38(37)42-30-69(64,51-4)22-21-58(42)35-26-50(27-35)16-19-57(20-17-50)34-9-10-39(43(24-34)68-36-23-33-13-18-52-46(33)53-28-36)47(60)56-70(65,66)44-25-41(59(62)63)45-48(55-44)67-29-40(54-45)32-11-14-49(3,61)15-12-32/h5-10,13,18,23-25,28,31-32,35,40,42,54,61H,11-12,14-17,19-22,26-27,29-30H2,1-4H3,(H,52,53)(H,56,60)/t32?,40-,42-,49?,69?/m1/s1. The molecule has 3 atom stereocenters. The van der Waals surface area contributed by atoms with Crippen molar-refractivity contribution in [3.63, 3.8) is 0 Å². The highest BCUT2D eigenvalue weighted by molar-refractivity contribution is 7.93. The van der Waals surface area contributed by atoms with Crippen LogP contribution < -0.4 is 24.4 Å². The van der Waals surface area contributed by atoms with Crippen LogP contribution in [-0.4, -0.2) is 111 Å². The number of hydrogen-bond donors (Lipinski definition) is 4. The maximum absolute atomic E-state index is 14.1. The van der Waals surface area contributed by atoms with Gasteiger partial charge in [0.25, 0.3) is 15.9 Å². The molecule has 2 aliphatic carbocycles. The first-order valence-corrected chi connectivity index (χ1v) is 27.6. The second kappa shape index (κ2) is 18.4. The highest BCUT2D eigenvalue weighted by atomic mass is 32.2. The lowest BCUT2D eigenvalue weighted by Gasteiger charge is -2.57. The largest absolute Gasteiger partial charge is 0.474 e. The van der Waals surface area contributed by atoms with Crippen LogP contribution in [0.3, 0.4) is 0 Å². The SMILES string of the molecule is CN=S1(=O)CCN(C2CC3(CCN(c4ccc(C(=O)NS(=O)(=O)c5cc([N+](=O)[O-])c6c(n5)OC[C@H](C5CCC(C)(O)CC5)N6)c(Oc5cnc6[nH]ccc6c5)c4)CC3)C2)[C@@H](c2ccccc2C(C)C)C1. The quantitative estimate of drug-likeness (QED) is 0.0727. The van der Waals surface area contributed by atoms with E-state index in [1.807, 2.05) is 6.07 Å². The van der Waals surface area contributed by atoms with Crippen LogP contribution in [0.4, 0.5) is 17.1 Å². The summed E-state index contributed by atoms with van der Waals surface area (Å²) in [6, 6.07) is 18.1. The molecule has 0 radical (unpaired) electrons. The Hall–Kier alpha value is -5.83. The summed E-state index contributed by atoms with van der Waals surface area (Å²) in [5, 5.41) is 26.0. The molecule has 20 heteroatoms. The van der Waals surface area contributed by atoms with E-state index in [1.165, 1.54) is 23.4 Å². The number of ether oxygens (including phenoxy) is 2. The summed E-state index contributed by atoms with van der Waals surface area (Å²) in [4.78, 5) is 42.3. The molecule has 10 rings (SSSR count). The highest BCUT2D eigenvalue weighted by Crippen LogP contribution is 2.54. The molecule has 70 heavy (non-hydrogen) atoms.